The molecule has 0 aliphatic carbocycles. The number of nitrogens with two attached hydrogens (primary N) is 1. The Balaban J connectivity index is 1.66. The summed E-state index contributed by atoms with van der Waals surface area (Å²) >= 11 is 1.37. The Morgan fingerprint density at radius 2 is 2.12 bits per heavy atom. The van der Waals surface area contributed by atoms with Gasteiger partial charge in [0.25, 0.3) is 0 Å². The average molecular weight is 342 g/mol. The van der Waals surface area contributed by atoms with Gasteiger partial charge in [-0.3, -0.25) is 5.43 Å². The van der Waals surface area contributed by atoms with E-state index in [2.05, 4.69) is 15.5 Å². The predicted molar refractivity (Wildman–Crippen MR) is 94.9 cm³/mol. The van der Waals surface area contributed by atoms with Gasteiger partial charge in [-0.1, -0.05) is 24.3 Å². The van der Waals surface area contributed by atoms with E-state index in [0.29, 0.717) is 16.7 Å². The predicted octanol–water partition coefficient (Wildman–Crippen LogP) is 3.89. The summed E-state index contributed by atoms with van der Waals surface area (Å²) in [5, 5.41) is 6.48. The zero-order valence-electron chi connectivity index (χ0n) is 12.6. The topological polar surface area (TPSA) is 72.5 Å². The number of hydrogen-bond acceptors (Lipinski definition) is 6. The van der Waals surface area contributed by atoms with Gasteiger partial charge in [0, 0.05) is 10.9 Å². The first kappa shape index (κ1) is 15.9. The lowest BCUT2D eigenvalue weighted by Crippen LogP contribution is -1.99. The lowest BCUT2D eigenvalue weighted by atomic mass is 10.2. The lowest BCUT2D eigenvalue weighted by molar-refractivity contribution is 0.305. The van der Waals surface area contributed by atoms with Gasteiger partial charge >= 0.3 is 0 Å². The molecule has 0 radical (unpaired) electrons. The Morgan fingerprint density at radius 3 is 2.92 bits per heavy atom. The van der Waals surface area contributed by atoms with Crippen LogP contribution in [0.25, 0.3) is 0 Å². The monoisotopic (exact) mass is 342 g/mol. The van der Waals surface area contributed by atoms with E-state index in [1.54, 1.807) is 17.7 Å². The molecule has 24 heavy (non-hydrogen) atoms. The summed E-state index contributed by atoms with van der Waals surface area (Å²) in [6.07, 6.45) is 1.64. The van der Waals surface area contributed by atoms with Crippen LogP contribution in [0, 0.1) is 5.82 Å². The van der Waals surface area contributed by atoms with E-state index in [4.69, 9.17) is 10.5 Å². The number of para-hydroxylation sites is 1. The first-order valence-corrected chi connectivity index (χ1v) is 8.05. The molecule has 0 unspecified atom stereocenters. The molecule has 3 rings (SSSR count). The molecule has 1 heterocycles. The number of ether oxygens (including phenoxy) is 1. The highest BCUT2D eigenvalue weighted by atomic mass is 32.1. The van der Waals surface area contributed by atoms with E-state index >= 15 is 0 Å². The number of nitrogens with zero attached hydrogens (tertiary/aromatic N) is 2. The minimum atomic E-state index is -0.280. The maximum absolute atomic E-state index is 13.2. The minimum Gasteiger partial charge on any atom is -0.488 e. The van der Waals surface area contributed by atoms with Crippen molar-refractivity contribution in [3.05, 3.63) is 70.9 Å². The molecule has 0 aliphatic rings. The summed E-state index contributed by atoms with van der Waals surface area (Å²) in [6.45, 7) is 0.277. The molecule has 5 nitrogen and oxygen atoms in total. The number of nitrogen functional groups attached to an aromatic ring is 1. The Kier molecular flexibility index (Phi) is 5.02. The van der Waals surface area contributed by atoms with Crippen LogP contribution in [0.4, 0.5) is 15.3 Å². The van der Waals surface area contributed by atoms with Crippen molar-refractivity contribution in [3.8, 4) is 5.75 Å². The second kappa shape index (κ2) is 7.56. The normalized spacial score (nSPS) is 10.9. The number of hydrogen-bond donors (Lipinski definition) is 2. The molecule has 0 amide bonds. The summed E-state index contributed by atoms with van der Waals surface area (Å²) in [5.41, 5.74) is 9.93. The number of benzene rings is 2. The van der Waals surface area contributed by atoms with Crippen molar-refractivity contribution in [3.63, 3.8) is 0 Å². The fraction of sp³-hybridized carbons (Fsp3) is 0.0588. The zero-order valence-corrected chi connectivity index (χ0v) is 13.5. The number of anilines is 2. The van der Waals surface area contributed by atoms with Crippen LogP contribution >= 0.6 is 11.3 Å². The van der Waals surface area contributed by atoms with Crippen molar-refractivity contribution >= 4 is 28.5 Å². The highest BCUT2D eigenvalue weighted by Gasteiger charge is 2.02. The third-order valence-corrected chi connectivity index (χ3v) is 3.85. The Labute approximate surface area is 142 Å². The van der Waals surface area contributed by atoms with Crippen LogP contribution < -0.4 is 15.9 Å². The number of rotatable bonds is 6. The van der Waals surface area contributed by atoms with E-state index in [1.165, 1.54) is 23.5 Å². The SMILES string of the molecule is Nc1csc(NN=Cc2ccccc2OCc2cccc(F)c2)n1. The van der Waals surface area contributed by atoms with E-state index < -0.39 is 0 Å². The molecule has 0 bridgehead atoms. The van der Waals surface area contributed by atoms with E-state index in [9.17, 15) is 4.39 Å². The highest BCUT2D eigenvalue weighted by molar-refractivity contribution is 7.14. The number of nitrogens with one attached hydrogen (secondary N) is 1. The molecule has 2 aromatic carbocycles. The molecule has 122 valence electrons. The Morgan fingerprint density at radius 1 is 1.25 bits per heavy atom. The quantitative estimate of drug-likeness (QED) is 0.526. The molecular weight excluding hydrogens is 327 g/mol. The van der Waals surface area contributed by atoms with Gasteiger partial charge in [-0.05, 0) is 29.8 Å². The molecular formula is C17H15FN4OS. The van der Waals surface area contributed by atoms with E-state index in [-0.39, 0.29) is 12.4 Å². The van der Waals surface area contributed by atoms with Crippen LogP contribution in [-0.4, -0.2) is 11.2 Å². The third kappa shape index (κ3) is 4.30. The van der Waals surface area contributed by atoms with Gasteiger partial charge in [0.2, 0.25) is 5.13 Å². The largest absolute Gasteiger partial charge is 0.488 e. The standard InChI is InChI=1S/C17H15FN4OS/c18-14-6-3-4-12(8-14)10-23-15-7-2-1-5-13(15)9-20-22-17-21-16(19)11-24-17/h1-9,11H,10,19H2,(H,21,22). The van der Waals surface area contributed by atoms with Crippen molar-refractivity contribution in [2.45, 2.75) is 6.61 Å². The summed E-state index contributed by atoms with van der Waals surface area (Å²) in [4.78, 5) is 4.05. The van der Waals surface area contributed by atoms with E-state index in [0.717, 1.165) is 11.1 Å². The van der Waals surface area contributed by atoms with Gasteiger partial charge < -0.3 is 10.5 Å². The molecule has 7 heteroatoms. The minimum absolute atomic E-state index is 0.277. The first-order valence-electron chi connectivity index (χ1n) is 7.17. The Hall–Kier alpha value is -2.93. The molecule has 0 fully saturated rings. The van der Waals surface area contributed by atoms with Crippen molar-refractivity contribution in [2.75, 3.05) is 11.2 Å². The molecule has 0 saturated heterocycles. The molecule has 1 aromatic heterocycles. The molecule has 0 saturated carbocycles. The van der Waals surface area contributed by atoms with Crippen LogP contribution in [-0.2, 0) is 6.61 Å². The van der Waals surface area contributed by atoms with Gasteiger partial charge in [-0.25, -0.2) is 9.37 Å². The van der Waals surface area contributed by atoms with Crippen molar-refractivity contribution in [1.82, 2.24) is 4.98 Å². The lowest BCUT2D eigenvalue weighted by Gasteiger charge is -2.09. The maximum atomic E-state index is 13.2. The summed E-state index contributed by atoms with van der Waals surface area (Å²) in [7, 11) is 0. The van der Waals surface area contributed by atoms with Crippen LogP contribution in [0.3, 0.4) is 0 Å². The van der Waals surface area contributed by atoms with Gasteiger partial charge in [0.05, 0.1) is 6.21 Å². The molecule has 3 N–H and O–H groups in total. The third-order valence-electron chi connectivity index (χ3n) is 3.09. The zero-order chi connectivity index (χ0) is 16.8. The first-order chi connectivity index (χ1) is 11.7. The van der Waals surface area contributed by atoms with Crippen LogP contribution in [0.1, 0.15) is 11.1 Å². The van der Waals surface area contributed by atoms with Crippen LogP contribution in [0.2, 0.25) is 0 Å². The van der Waals surface area contributed by atoms with Gasteiger partial charge in [-0.2, -0.15) is 5.10 Å². The maximum Gasteiger partial charge on any atom is 0.205 e. The van der Waals surface area contributed by atoms with Gasteiger partial charge in [0.15, 0.2) is 0 Å². The number of hydrazone groups is 1. The second-order valence-corrected chi connectivity index (χ2v) is 5.76. The number of aromatic nitrogens is 1. The van der Waals surface area contributed by atoms with E-state index in [1.807, 2.05) is 30.3 Å². The molecule has 0 aliphatic heterocycles. The summed E-state index contributed by atoms with van der Waals surface area (Å²) in [5.74, 6) is 0.834. The number of halogens is 1. The second-order valence-electron chi connectivity index (χ2n) is 4.90. The average Bonchev–Trinajstić information content (AvgIpc) is 2.99. The van der Waals surface area contributed by atoms with Crippen molar-refractivity contribution in [2.24, 2.45) is 5.10 Å². The highest BCUT2D eigenvalue weighted by Crippen LogP contribution is 2.19. The fourth-order valence-electron chi connectivity index (χ4n) is 2.00. The number of thiazole rings is 1. The van der Waals surface area contributed by atoms with Gasteiger partial charge in [-0.15, -0.1) is 11.3 Å². The molecule has 3 aromatic rings. The molecule has 0 atom stereocenters. The summed E-state index contributed by atoms with van der Waals surface area (Å²) < 4.78 is 19.0. The smallest absolute Gasteiger partial charge is 0.205 e. The fourth-order valence-corrected chi connectivity index (χ4v) is 2.55. The Bertz CT molecular complexity index is 850. The van der Waals surface area contributed by atoms with Crippen LogP contribution in [0.15, 0.2) is 59.0 Å². The van der Waals surface area contributed by atoms with Crippen molar-refractivity contribution < 1.29 is 9.13 Å². The summed E-state index contributed by atoms with van der Waals surface area (Å²) in [6, 6.07) is 13.8. The molecule has 0 spiro atoms. The van der Waals surface area contributed by atoms with Gasteiger partial charge in [0.1, 0.15) is 24.0 Å². The van der Waals surface area contributed by atoms with Crippen molar-refractivity contribution in [1.29, 1.82) is 0 Å². The van der Waals surface area contributed by atoms with Crippen LogP contribution in [0.5, 0.6) is 5.75 Å².